The molecular formula is C22H28N6O2. The summed E-state index contributed by atoms with van der Waals surface area (Å²) < 4.78 is 6.79. The third-order valence-electron chi connectivity index (χ3n) is 5.45. The minimum Gasteiger partial charge on any atom is -0.385 e. The van der Waals surface area contributed by atoms with Crippen LogP contribution >= 0.6 is 0 Å². The van der Waals surface area contributed by atoms with Crippen LogP contribution in [0.25, 0.3) is 11.0 Å². The molecule has 1 saturated heterocycles. The molecule has 3 heterocycles. The lowest BCUT2D eigenvalue weighted by atomic mass is 10.2. The van der Waals surface area contributed by atoms with Gasteiger partial charge in [-0.2, -0.15) is 4.98 Å². The standard InChI is InChI=1S/C22H28N6O2/c1-26-11-13-27(14-12-26)19-7-5-18(6-8-19)24-22-23-16-17-4-9-20(29)28(21(17)25-22)10-3-15-30-2/h4-9,16H,3,10-15H2,1-2H3,(H,23,24,25). The van der Waals surface area contributed by atoms with Crippen LogP contribution in [0.2, 0.25) is 0 Å². The number of hydrogen-bond donors (Lipinski definition) is 1. The maximum atomic E-state index is 12.3. The minimum absolute atomic E-state index is 0.0696. The Balaban J connectivity index is 1.52. The molecule has 8 nitrogen and oxygen atoms in total. The summed E-state index contributed by atoms with van der Waals surface area (Å²) in [5.74, 6) is 0.473. The van der Waals surface area contributed by atoms with E-state index in [1.807, 2.05) is 12.1 Å². The van der Waals surface area contributed by atoms with E-state index in [2.05, 4.69) is 44.3 Å². The molecule has 30 heavy (non-hydrogen) atoms. The van der Waals surface area contributed by atoms with E-state index in [0.717, 1.165) is 43.7 Å². The summed E-state index contributed by atoms with van der Waals surface area (Å²) in [5.41, 5.74) is 2.70. The number of piperazine rings is 1. The second-order valence-corrected chi connectivity index (χ2v) is 7.60. The van der Waals surface area contributed by atoms with Crippen LogP contribution in [0.5, 0.6) is 0 Å². The van der Waals surface area contributed by atoms with Crippen molar-refractivity contribution in [1.82, 2.24) is 19.4 Å². The van der Waals surface area contributed by atoms with Gasteiger partial charge >= 0.3 is 0 Å². The van der Waals surface area contributed by atoms with Gasteiger partial charge in [0, 0.05) is 75.5 Å². The molecule has 158 valence electrons. The first-order chi connectivity index (χ1) is 14.6. The summed E-state index contributed by atoms with van der Waals surface area (Å²) in [6.45, 7) is 5.39. The van der Waals surface area contributed by atoms with Crippen molar-refractivity contribution in [2.75, 3.05) is 57.2 Å². The average Bonchev–Trinajstić information content (AvgIpc) is 2.77. The molecule has 0 bridgehead atoms. The van der Waals surface area contributed by atoms with Gasteiger partial charge in [-0.05, 0) is 43.8 Å². The first-order valence-corrected chi connectivity index (χ1v) is 10.3. The third-order valence-corrected chi connectivity index (χ3v) is 5.45. The predicted octanol–water partition coefficient (Wildman–Crippen LogP) is 2.32. The number of aromatic nitrogens is 3. The fourth-order valence-corrected chi connectivity index (χ4v) is 3.66. The second-order valence-electron chi connectivity index (χ2n) is 7.60. The SMILES string of the molecule is COCCCn1c(=O)ccc2cnc(Nc3ccc(N4CCN(C)CC4)cc3)nc21. The zero-order valence-electron chi connectivity index (χ0n) is 17.5. The van der Waals surface area contributed by atoms with E-state index in [9.17, 15) is 4.79 Å². The Morgan fingerprint density at radius 1 is 1.07 bits per heavy atom. The van der Waals surface area contributed by atoms with Crippen molar-refractivity contribution in [3.05, 3.63) is 52.9 Å². The fourth-order valence-electron chi connectivity index (χ4n) is 3.66. The topological polar surface area (TPSA) is 75.5 Å². The number of pyridine rings is 1. The molecule has 0 radical (unpaired) electrons. The van der Waals surface area contributed by atoms with Crippen molar-refractivity contribution in [1.29, 1.82) is 0 Å². The number of anilines is 3. The first-order valence-electron chi connectivity index (χ1n) is 10.3. The van der Waals surface area contributed by atoms with E-state index < -0.39 is 0 Å². The van der Waals surface area contributed by atoms with Crippen LogP contribution < -0.4 is 15.8 Å². The van der Waals surface area contributed by atoms with Gasteiger partial charge in [0.25, 0.3) is 5.56 Å². The molecule has 0 saturated carbocycles. The van der Waals surface area contributed by atoms with Gasteiger partial charge < -0.3 is 19.9 Å². The van der Waals surface area contributed by atoms with Crippen molar-refractivity contribution in [3.63, 3.8) is 0 Å². The van der Waals surface area contributed by atoms with Gasteiger partial charge in [0.1, 0.15) is 5.65 Å². The molecule has 0 amide bonds. The van der Waals surface area contributed by atoms with Crippen molar-refractivity contribution < 1.29 is 4.74 Å². The molecule has 3 aromatic rings. The van der Waals surface area contributed by atoms with Gasteiger partial charge in [0.2, 0.25) is 5.95 Å². The highest BCUT2D eigenvalue weighted by atomic mass is 16.5. The van der Waals surface area contributed by atoms with Crippen LogP contribution in [0.4, 0.5) is 17.3 Å². The zero-order chi connectivity index (χ0) is 20.9. The van der Waals surface area contributed by atoms with Crippen molar-refractivity contribution in [2.24, 2.45) is 0 Å². The third kappa shape index (κ3) is 4.60. The molecule has 1 fully saturated rings. The fraction of sp³-hybridized carbons (Fsp3) is 0.409. The van der Waals surface area contributed by atoms with Crippen LogP contribution in [0.3, 0.4) is 0 Å². The number of likely N-dealkylation sites (N-methyl/N-ethyl adjacent to an activating group) is 1. The van der Waals surface area contributed by atoms with Crippen LogP contribution in [0.1, 0.15) is 6.42 Å². The predicted molar refractivity (Wildman–Crippen MR) is 120 cm³/mol. The molecule has 1 aromatic carbocycles. The number of nitrogens with zero attached hydrogens (tertiary/aromatic N) is 5. The van der Waals surface area contributed by atoms with Gasteiger partial charge in [-0.15, -0.1) is 0 Å². The van der Waals surface area contributed by atoms with Gasteiger partial charge in [0.15, 0.2) is 0 Å². The lowest BCUT2D eigenvalue weighted by Crippen LogP contribution is -2.44. The van der Waals surface area contributed by atoms with Crippen LogP contribution in [0.15, 0.2) is 47.4 Å². The van der Waals surface area contributed by atoms with Crippen molar-refractivity contribution in [3.8, 4) is 0 Å². The summed E-state index contributed by atoms with van der Waals surface area (Å²) in [6, 6.07) is 11.6. The summed E-state index contributed by atoms with van der Waals surface area (Å²) >= 11 is 0. The Morgan fingerprint density at radius 3 is 2.57 bits per heavy atom. The number of fused-ring (bicyclic) bond motifs is 1. The Morgan fingerprint density at radius 2 is 1.83 bits per heavy atom. The molecule has 0 spiro atoms. The number of ether oxygens (including phenoxy) is 1. The van der Waals surface area contributed by atoms with E-state index in [0.29, 0.717) is 24.7 Å². The van der Waals surface area contributed by atoms with E-state index in [1.165, 1.54) is 5.69 Å². The van der Waals surface area contributed by atoms with E-state index in [-0.39, 0.29) is 5.56 Å². The molecule has 0 unspecified atom stereocenters. The van der Waals surface area contributed by atoms with E-state index in [4.69, 9.17) is 4.74 Å². The first kappa shape index (κ1) is 20.3. The summed E-state index contributed by atoms with van der Waals surface area (Å²) in [5, 5.41) is 4.09. The molecule has 2 aromatic heterocycles. The minimum atomic E-state index is -0.0696. The Hall–Kier alpha value is -2.97. The highest BCUT2D eigenvalue weighted by Gasteiger charge is 2.14. The number of aryl methyl sites for hydroxylation is 1. The summed E-state index contributed by atoms with van der Waals surface area (Å²) in [7, 11) is 3.82. The zero-order valence-corrected chi connectivity index (χ0v) is 17.5. The van der Waals surface area contributed by atoms with Crippen LogP contribution in [0, 0.1) is 0 Å². The van der Waals surface area contributed by atoms with Crippen molar-refractivity contribution in [2.45, 2.75) is 13.0 Å². The molecule has 8 heteroatoms. The van der Waals surface area contributed by atoms with E-state index in [1.54, 1.807) is 30.0 Å². The second kappa shape index (κ2) is 9.23. The maximum absolute atomic E-state index is 12.3. The Kier molecular flexibility index (Phi) is 6.25. The Labute approximate surface area is 176 Å². The average molecular weight is 409 g/mol. The number of methoxy groups -OCH3 is 1. The summed E-state index contributed by atoms with van der Waals surface area (Å²) in [4.78, 5) is 26.1. The number of nitrogens with one attached hydrogen (secondary N) is 1. The number of hydrogen-bond acceptors (Lipinski definition) is 7. The molecule has 1 aliphatic heterocycles. The molecule has 1 aliphatic rings. The highest BCUT2D eigenvalue weighted by Crippen LogP contribution is 2.21. The Bertz CT molecular complexity index is 1040. The quantitative estimate of drug-likeness (QED) is 0.601. The number of rotatable bonds is 7. The van der Waals surface area contributed by atoms with Crippen molar-refractivity contribution >= 4 is 28.4 Å². The highest BCUT2D eigenvalue weighted by molar-refractivity contribution is 5.75. The number of benzene rings is 1. The van der Waals surface area contributed by atoms with Crippen LogP contribution in [-0.4, -0.2) is 66.4 Å². The van der Waals surface area contributed by atoms with Crippen LogP contribution in [-0.2, 0) is 11.3 Å². The summed E-state index contributed by atoms with van der Waals surface area (Å²) in [6.07, 6.45) is 2.49. The molecular weight excluding hydrogens is 380 g/mol. The van der Waals surface area contributed by atoms with Gasteiger partial charge in [-0.1, -0.05) is 0 Å². The lowest BCUT2D eigenvalue weighted by Gasteiger charge is -2.34. The molecule has 0 aliphatic carbocycles. The normalized spacial score (nSPS) is 14.9. The van der Waals surface area contributed by atoms with Gasteiger partial charge in [-0.3, -0.25) is 9.36 Å². The van der Waals surface area contributed by atoms with Gasteiger partial charge in [-0.25, -0.2) is 4.98 Å². The lowest BCUT2D eigenvalue weighted by molar-refractivity contribution is 0.190. The molecule has 0 atom stereocenters. The molecule has 4 rings (SSSR count). The maximum Gasteiger partial charge on any atom is 0.252 e. The van der Waals surface area contributed by atoms with E-state index >= 15 is 0 Å². The monoisotopic (exact) mass is 408 g/mol. The molecule has 1 N–H and O–H groups in total. The largest absolute Gasteiger partial charge is 0.385 e. The smallest absolute Gasteiger partial charge is 0.252 e. The van der Waals surface area contributed by atoms with Gasteiger partial charge in [0.05, 0.1) is 0 Å².